The van der Waals surface area contributed by atoms with E-state index < -0.39 is 0 Å². The summed E-state index contributed by atoms with van der Waals surface area (Å²) in [7, 11) is 5.77. The average Bonchev–Trinajstić information content (AvgIpc) is 3.26. The standard InChI is InChI=1S/C22H27N7O/c1-28-13-14(12-23-28)18-6-7-19(25-22(18)30-3)20-8-9-21(27-26-20)24-15-10-16-4-5-17(11-15)29(16)2/h6-9,12-13,15-17H,4-5,10-11H2,1-3H3,(H,24,27). The van der Waals surface area contributed by atoms with Crippen LogP contribution >= 0.6 is 0 Å². The number of nitrogens with one attached hydrogen (secondary N) is 1. The maximum Gasteiger partial charge on any atom is 0.221 e. The molecule has 2 saturated heterocycles. The van der Waals surface area contributed by atoms with Crippen LogP contribution in [0.3, 0.4) is 0 Å². The molecule has 0 aliphatic carbocycles. The summed E-state index contributed by atoms with van der Waals surface area (Å²) in [6.45, 7) is 0. The molecular weight excluding hydrogens is 378 g/mol. The van der Waals surface area contributed by atoms with Gasteiger partial charge in [0.15, 0.2) is 0 Å². The summed E-state index contributed by atoms with van der Waals surface area (Å²) in [4.78, 5) is 7.18. The molecule has 0 spiro atoms. The molecule has 8 nitrogen and oxygen atoms in total. The van der Waals surface area contributed by atoms with Crippen molar-refractivity contribution in [1.29, 1.82) is 0 Å². The van der Waals surface area contributed by atoms with Gasteiger partial charge in [-0.2, -0.15) is 5.10 Å². The van der Waals surface area contributed by atoms with Crippen LogP contribution in [-0.2, 0) is 7.05 Å². The molecule has 3 aromatic rings. The minimum absolute atomic E-state index is 0.468. The van der Waals surface area contributed by atoms with E-state index in [1.54, 1.807) is 18.0 Å². The first kappa shape index (κ1) is 19.0. The van der Waals surface area contributed by atoms with Gasteiger partial charge in [0.25, 0.3) is 0 Å². The fourth-order valence-corrected chi connectivity index (χ4v) is 4.80. The van der Waals surface area contributed by atoms with Gasteiger partial charge in [0.05, 0.1) is 19.0 Å². The lowest BCUT2D eigenvalue weighted by atomic mass is 9.98. The Hall–Kier alpha value is -3.00. The molecule has 2 fully saturated rings. The van der Waals surface area contributed by atoms with Crippen LogP contribution in [-0.4, -0.2) is 62.1 Å². The van der Waals surface area contributed by atoms with Crippen molar-refractivity contribution in [1.82, 2.24) is 29.9 Å². The molecule has 0 amide bonds. The van der Waals surface area contributed by atoms with Gasteiger partial charge in [0, 0.05) is 42.5 Å². The van der Waals surface area contributed by atoms with E-state index in [4.69, 9.17) is 4.74 Å². The molecule has 30 heavy (non-hydrogen) atoms. The minimum Gasteiger partial charge on any atom is -0.481 e. The van der Waals surface area contributed by atoms with Crippen LogP contribution in [0.15, 0.2) is 36.7 Å². The summed E-state index contributed by atoms with van der Waals surface area (Å²) in [5.41, 5.74) is 3.32. The highest BCUT2D eigenvalue weighted by atomic mass is 16.5. The molecular formula is C22H27N7O. The SMILES string of the molecule is COc1nc(-c2ccc(NC3CC4CCC(C3)N4C)nn2)ccc1-c1cnn(C)c1. The second-order valence-corrected chi connectivity index (χ2v) is 8.32. The molecule has 2 aliphatic rings. The van der Waals surface area contributed by atoms with E-state index in [0.717, 1.165) is 28.3 Å². The van der Waals surface area contributed by atoms with Gasteiger partial charge in [-0.05, 0) is 57.0 Å². The summed E-state index contributed by atoms with van der Waals surface area (Å²) in [6.07, 6.45) is 8.71. The van der Waals surface area contributed by atoms with Gasteiger partial charge >= 0.3 is 0 Å². The molecule has 2 bridgehead atoms. The monoisotopic (exact) mass is 405 g/mol. The zero-order chi connectivity index (χ0) is 20.7. The number of hydrogen-bond acceptors (Lipinski definition) is 7. The van der Waals surface area contributed by atoms with Crippen LogP contribution in [0.5, 0.6) is 5.88 Å². The van der Waals surface area contributed by atoms with Crippen molar-refractivity contribution in [3.63, 3.8) is 0 Å². The van der Waals surface area contributed by atoms with Gasteiger partial charge in [-0.1, -0.05) is 0 Å². The number of methoxy groups -OCH3 is 1. The molecule has 2 atom stereocenters. The molecule has 0 aromatic carbocycles. The molecule has 2 unspecified atom stereocenters. The van der Waals surface area contributed by atoms with Crippen molar-refractivity contribution in [3.05, 3.63) is 36.7 Å². The van der Waals surface area contributed by atoms with E-state index >= 15 is 0 Å². The zero-order valence-corrected chi connectivity index (χ0v) is 17.6. The first-order chi connectivity index (χ1) is 14.6. The first-order valence-corrected chi connectivity index (χ1v) is 10.5. The summed E-state index contributed by atoms with van der Waals surface area (Å²) in [6, 6.07) is 9.75. The summed E-state index contributed by atoms with van der Waals surface area (Å²) < 4.78 is 7.28. The van der Waals surface area contributed by atoms with E-state index in [-0.39, 0.29) is 0 Å². The smallest absolute Gasteiger partial charge is 0.221 e. The van der Waals surface area contributed by atoms with Gasteiger partial charge in [0.2, 0.25) is 5.88 Å². The number of nitrogens with zero attached hydrogens (tertiary/aromatic N) is 6. The van der Waals surface area contributed by atoms with Crippen molar-refractivity contribution >= 4 is 5.82 Å². The lowest BCUT2D eigenvalue weighted by molar-refractivity contribution is 0.168. The lowest BCUT2D eigenvalue weighted by Crippen LogP contribution is -2.44. The van der Waals surface area contributed by atoms with Crippen LogP contribution in [0.2, 0.25) is 0 Å². The lowest BCUT2D eigenvalue weighted by Gasteiger charge is -2.36. The number of pyridine rings is 1. The molecule has 0 saturated carbocycles. The summed E-state index contributed by atoms with van der Waals surface area (Å²) in [5, 5.41) is 16.6. The highest BCUT2D eigenvalue weighted by molar-refractivity contribution is 5.70. The highest BCUT2D eigenvalue weighted by Crippen LogP contribution is 2.35. The van der Waals surface area contributed by atoms with Gasteiger partial charge < -0.3 is 15.0 Å². The second-order valence-electron chi connectivity index (χ2n) is 8.32. The van der Waals surface area contributed by atoms with Crippen LogP contribution in [0, 0.1) is 0 Å². The van der Waals surface area contributed by atoms with Gasteiger partial charge in [0.1, 0.15) is 11.5 Å². The quantitative estimate of drug-likeness (QED) is 0.699. The molecule has 5 heterocycles. The van der Waals surface area contributed by atoms with Crippen molar-refractivity contribution in [2.24, 2.45) is 7.05 Å². The Morgan fingerprint density at radius 3 is 2.40 bits per heavy atom. The van der Waals surface area contributed by atoms with Crippen LogP contribution in [0.4, 0.5) is 5.82 Å². The van der Waals surface area contributed by atoms with E-state index in [1.807, 2.05) is 37.5 Å². The normalized spacial score (nSPS) is 23.5. The van der Waals surface area contributed by atoms with E-state index in [1.165, 1.54) is 25.7 Å². The third-order valence-corrected chi connectivity index (χ3v) is 6.45. The summed E-state index contributed by atoms with van der Waals surface area (Å²) >= 11 is 0. The maximum absolute atomic E-state index is 5.52. The number of anilines is 1. The van der Waals surface area contributed by atoms with E-state index in [2.05, 4.69) is 37.5 Å². The second kappa shape index (κ2) is 7.68. The first-order valence-electron chi connectivity index (χ1n) is 10.5. The van der Waals surface area contributed by atoms with Crippen LogP contribution in [0.25, 0.3) is 22.5 Å². The van der Waals surface area contributed by atoms with Crippen molar-refractivity contribution in [3.8, 4) is 28.4 Å². The Labute approximate surface area is 176 Å². The van der Waals surface area contributed by atoms with Crippen molar-refractivity contribution < 1.29 is 4.74 Å². The molecule has 0 radical (unpaired) electrons. The summed E-state index contributed by atoms with van der Waals surface area (Å²) in [5.74, 6) is 1.37. The predicted molar refractivity (Wildman–Crippen MR) is 115 cm³/mol. The third kappa shape index (κ3) is 3.52. The number of fused-ring (bicyclic) bond motifs is 2. The van der Waals surface area contributed by atoms with Crippen LogP contribution in [0.1, 0.15) is 25.7 Å². The minimum atomic E-state index is 0.468. The highest BCUT2D eigenvalue weighted by Gasteiger charge is 2.38. The average molecular weight is 406 g/mol. The van der Waals surface area contributed by atoms with E-state index in [9.17, 15) is 0 Å². The Morgan fingerprint density at radius 1 is 1.00 bits per heavy atom. The molecule has 1 N–H and O–H groups in total. The van der Waals surface area contributed by atoms with E-state index in [0.29, 0.717) is 24.0 Å². The van der Waals surface area contributed by atoms with Crippen LogP contribution < -0.4 is 10.1 Å². The Morgan fingerprint density at radius 2 is 1.77 bits per heavy atom. The largest absolute Gasteiger partial charge is 0.481 e. The molecule has 3 aromatic heterocycles. The number of piperidine rings is 1. The fraction of sp³-hybridized carbons (Fsp3) is 0.455. The fourth-order valence-electron chi connectivity index (χ4n) is 4.80. The molecule has 5 rings (SSSR count). The van der Waals surface area contributed by atoms with Gasteiger partial charge in [-0.3, -0.25) is 4.68 Å². The Balaban J connectivity index is 1.32. The number of rotatable bonds is 5. The zero-order valence-electron chi connectivity index (χ0n) is 17.6. The molecule has 2 aliphatic heterocycles. The maximum atomic E-state index is 5.52. The van der Waals surface area contributed by atoms with Gasteiger partial charge in [-0.15, -0.1) is 10.2 Å². The topological polar surface area (TPSA) is 81.0 Å². The number of hydrogen-bond donors (Lipinski definition) is 1. The number of aryl methyl sites for hydroxylation is 1. The predicted octanol–water partition coefficient (Wildman–Crippen LogP) is 2.98. The Kier molecular flexibility index (Phi) is 4.86. The van der Waals surface area contributed by atoms with Crippen molar-refractivity contribution in [2.45, 2.75) is 43.8 Å². The third-order valence-electron chi connectivity index (χ3n) is 6.45. The van der Waals surface area contributed by atoms with Crippen molar-refractivity contribution in [2.75, 3.05) is 19.5 Å². The Bertz CT molecular complexity index is 1020. The molecule has 156 valence electrons. The molecule has 8 heteroatoms. The number of aromatic nitrogens is 5. The number of ether oxygens (including phenoxy) is 1. The van der Waals surface area contributed by atoms with Gasteiger partial charge in [-0.25, -0.2) is 4.98 Å².